The van der Waals surface area contributed by atoms with E-state index in [1.807, 2.05) is 0 Å². The van der Waals surface area contributed by atoms with Gasteiger partial charge in [-0.3, -0.25) is 4.79 Å². The molecule has 0 heterocycles. The molecule has 0 radical (unpaired) electrons. The molecule has 112 valence electrons. The van der Waals surface area contributed by atoms with Crippen molar-refractivity contribution in [1.29, 1.82) is 0 Å². The van der Waals surface area contributed by atoms with Crippen molar-refractivity contribution < 1.29 is 18.0 Å². The lowest BCUT2D eigenvalue weighted by Crippen LogP contribution is -2.40. The van der Waals surface area contributed by atoms with E-state index in [9.17, 15) is 18.0 Å². The van der Waals surface area contributed by atoms with Crippen LogP contribution in [0.1, 0.15) is 36.0 Å². The van der Waals surface area contributed by atoms with Gasteiger partial charge >= 0.3 is 0 Å². The summed E-state index contributed by atoms with van der Waals surface area (Å²) in [5, 5.41) is 2.62. The summed E-state index contributed by atoms with van der Waals surface area (Å²) in [6.45, 7) is 0. The summed E-state index contributed by atoms with van der Waals surface area (Å²) in [5.41, 5.74) is 5.26. The molecule has 7 heteroatoms. The summed E-state index contributed by atoms with van der Waals surface area (Å²) < 4.78 is 39.2. The van der Waals surface area contributed by atoms with Crippen molar-refractivity contribution in [1.82, 2.24) is 5.32 Å². The van der Waals surface area contributed by atoms with Gasteiger partial charge in [-0.25, -0.2) is 13.2 Å². The van der Waals surface area contributed by atoms with Gasteiger partial charge in [0.2, 0.25) is 0 Å². The first kappa shape index (κ1) is 16.8. The number of benzene rings is 1. The first-order valence-corrected chi connectivity index (χ1v) is 6.19. The second-order valence-electron chi connectivity index (χ2n) is 4.81. The number of hydrogen-bond acceptors (Lipinski definition) is 2. The van der Waals surface area contributed by atoms with Gasteiger partial charge in [-0.2, -0.15) is 0 Å². The largest absolute Gasteiger partial charge is 0.349 e. The van der Waals surface area contributed by atoms with Crippen LogP contribution >= 0.6 is 12.4 Å². The van der Waals surface area contributed by atoms with Gasteiger partial charge < -0.3 is 11.1 Å². The predicted molar refractivity (Wildman–Crippen MR) is 71.3 cm³/mol. The maximum atomic E-state index is 13.4. The molecule has 1 amide bonds. The average Bonchev–Trinajstić information content (AvgIpc) is 2.39. The van der Waals surface area contributed by atoms with E-state index in [0.717, 1.165) is 25.0 Å². The Morgan fingerprint density at radius 2 is 1.70 bits per heavy atom. The van der Waals surface area contributed by atoms with Gasteiger partial charge in [-0.05, 0) is 37.8 Å². The first-order valence-electron chi connectivity index (χ1n) is 6.19. The van der Waals surface area contributed by atoms with Crippen LogP contribution in [0.15, 0.2) is 12.1 Å². The lowest BCUT2D eigenvalue weighted by Gasteiger charge is -2.26. The summed E-state index contributed by atoms with van der Waals surface area (Å²) in [7, 11) is 0. The van der Waals surface area contributed by atoms with Crippen molar-refractivity contribution in [3.05, 3.63) is 35.1 Å². The van der Waals surface area contributed by atoms with E-state index in [1.165, 1.54) is 0 Å². The minimum atomic E-state index is -1.63. The number of rotatable bonds is 2. The fourth-order valence-corrected chi connectivity index (χ4v) is 2.23. The number of amides is 1. The van der Waals surface area contributed by atoms with Crippen LogP contribution in [-0.4, -0.2) is 18.0 Å². The molecule has 1 aromatic rings. The van der Waals surface area contributed by atoms with Crippen LogP contribution in [0.2, 0.25) is 0 Å². The number of carbonyl (C=O) groups is 1. The molecule has 2 rings (SSSR count). The molecule has 1 saturated carbocycles. The van der Waals surface area contributed by atoms with E-state index in [0.29, 0.717) is 12.8 Å². The topological polar surface area (TPSA) is 55.1 Å². The highest BCUT2D eigenvalue weighted by Gasteiger charge is 2.23. The van der Waals surface area contributed by atoms with E-state index >= 15 is 0 Å². The summed E-state index contributed by atoms with van der Waals surface area (Å²) in [5.74, 6) is -5.11. The van der Waals surface area contributed by atoms with Gasteiger partial charge in [0.05, 0.1) is 5.56 Å². The van der Waals surface area contributed by atoms with Gasteiger partial charge in [0, 0.05) is 12.1 Å². The van der Waals surface area contributed by atoms with Gasteiger partial charge in [-0.15, -0.1) is 12.4 Å². The van der Waals surface area contributed by atoms with Gasteiger partial charge in [0.1, 0.15) is 0 Å². The maximum absolute atomic E-state index is 13.4. The van der Waals surface area contributed by atoms with E-state index in [1.54, 1.807) is 0 Å². The van der Waals surface area contributed by atoms with E-state index in [4.69, 9.17) is 5.73 Å². The third kappa shape index (κ3) is 3.64. The van der Waals surface area contributed by atoms with Crippen LogP contribution < -0.4 is 11.1 Å². The standard InChI is InChI=1S/C13H15F3N2O.ClH/c14-10-6-5-9(11(15)12(10)16)13(19)18-8-3-1-7(17)2-4-8;/h5-8H,1-4,17H2,(H,18,19);1H. The van der Waals surface area contributed by atoms with Crippen molar-refractivity contribution >= 4 is 18.3 Å². The number of nitrogens with two attached hydrogens (primary N) is 1. The van der Waals surface area contributed by atoms with Crippen molar-refractivity contribution in [2.24, 2.45) is 5.73 Å². The number of nitrogens with one attached hydrogen (secondary N) is 1. The molecule has 3 N–H and O–H groups in total. The Hall–Kier alpha value is -1.27. The summed E-state index contributed by atoms with van der Waals surface area (Å²) >= 11 is 0. The van der Waals surface area contributed by atoms with E-state index in [-0.39, 0.29) is 24.5 Å². The smallest absolute Gasteiger partial charge is 0.254 e. The Kier molecular flexibility index (Phi) is 5.83. The van der Waals surface area contributed by atoms with Crippen LogP contribution in [0, 0.1) is 17.5 Å². The molecule has 1 aliphatic carbocycles. The number of halogens is 4. The summed E-state index contributed by atoms with van der Waals surface area (Å²) in [6.07, 6.45) is 2.98. The zero-order valence-corrected chi connectivity index (χ0v) is 11.5. The molecule has 20 heavy (non-hydrogen) atoms. The minimum absolute atomic E-state index is 0. The van der Waals surface area contributed by atoms with E-state index < -0.39 is 28.9 Å². The highest BCUT2D eigenvalue weighted by atomic mass is 35.5. The number of hydrogen-bond donors (Lipinski definition) is 2. The third-order valence-corrected chi connectivity index (χ3v) is 3.39. The molecular formula is C13H16ClF3N2O. The van der Waals surface area contributed by atoms with Gasteiger partial charge in [-0.1, -0.05) is 0 Å². The second-order valence-corrected chi connectivity index (χ2v) is 4.81. The van der Waals surface area contributed by atoms with Crippen molar-refractivity contribution in [2.45, 2.75) is 37.8 Å². The van der Waals surface area contributed by atoms with Crippen LogP contribution in [0.25, 0.3) is 0 Å². The van der Waals surface area contributed by atoms with Crippen LogP contribution in [0.3, 0.4) is 0 Å². The Bertz CT molecular complexity index is 491. The van der Waals surface area contributed by atoms with Crippen LogP contribution in [0.4, 0.5) is 13.2 Å². The Morgan fingerprint density at radius 3 is 2.30 bits per heavy atom. The quantitative estimate of drug-likeness (QED) is 0.825. The molecule has 0 aromatic heterocycles. The first-order chi connectivity index (χ1) is 8.99. The third-order valence-electron chi connectivity index (χ3n) is 3.39. The molecule has 1 aromatic carbocycles. The summed E-state index contributed by atoms with van der Waals surface area (Å²) in [4.78, 5) is 11.8. The second kappa shape index (κ2) is 6.95. The molecule has 0 unspecified atom stereocenters. The zero-order valence-electron chi connectivity index (χ0n) is 10.7. The van der Waals surface area contributed by atoms with Crippen LogP contribution in [-0.2, 0) is 0 Å². The molecule has 3 nitrogen and oxygen atoms in total. The van der Waals surface area contributed by atoms with Crippen molar-refractivity contribution in [3.8, 4) is 0 Å². The van der Waals surface area contributed by atoms with E-state index in [2.05, 4.69) is 5.32 Å². The fraction of sp³-hybridized carbons (Fsp3) is 0.462. The Labute approximate surface area is 121 Å². The molecular weight excluding hydrogens is 293 g/mol. The summed E-state index contributed by atoms with van der Waals surface area (Å²) in [6, 6.07) is 1.72. The van der Waals surface area contributed by atoms with Crippen molar-refractivity contribution in [2.75, 3.05) is 0 Å². The normalized spacial score (nSPS) is 22.0. The average molecular weight is 309 g/mol. The SMILES string of the molecule is Cl.NC1CCC(NC(=O)c2ccc(F)c(F)c2F)CC1. The van der Waals surface area contributed by atoms with Gasteiger partial charge in [0.15, 0.2) is 17.5 Å². The fourth-order valence-electron chi connectivity index (χ4n) is 2.23. The van der Waals surface area contributed by atoms with Gasteiger partial charge in [0.25, 0.3) is 5.91 Å². The molecule has 1 fully saturated rings. The Balaban J connectivity index is 0.00000200. The van der Waals surface area contributed by atoms with Crippen molar-refractivity contribution in [3.63, 3.8) is 0 Å². The molecule has 0 aliphatic heterocycles. The predicted octanol–water partition coefficient (Wildman–Crippen LogP) is 2.53. The Morgan fingerprint density at radius 1 is 1.10 bits per heavy atom. The highest BCUT2D eigenvalue weighted by Crippen LogP contribution is 2.19. The highest BCUT2D eigenvalue weighted by molar-refractivity contribution is 5.94. The molecule has 0 spiro atoms. The molecule has 0 saturated heterocycles. The van der Waals surface area contributed by atoms with Crippen LogP contribution in [0.5, 0.6) is 0 Å². The number of carbonyl (C=O) groups excluding carboxylic acids is 1. The monoisotopic (exact) mass is 308 g/mol. The molecule has 0 bridgehead atoms. The lowest BCUT2D eigenvalue weighted by molar-refractivity contribution is 0.0920. The lowest BCUT2D eigenvalue weighted by atomic mass is 9.91. The molecule has 1 aliphatic rings. The zero-order chi connectivity index (χ0) is 14.0. The maximum Gasteiger partial charge on any atom is 0.254 e. The molecule has 0 atom stereocenters. The minimum Gasteiger partial charge on any atom is -0.349 e.